The van der Waals surface area contributed by atoms with Gasteiger partial charge in [-0.15, -0.1) is 4.72 Å². The van der Waals surface area contributed by atoms with Crippen molar-refractivity contribution in [2.24, 2.45) is 5.92 Å². The molecule has 0 saturated carbocycles. The summed E-state index contributed by atoms with van der Waals surface area (Å²) in [6.07, 6.45) is 2.38. The van der Waals surface area contributed by atoms with E-state index < -0.39 is 28.0 Å². The molecule has 1 saturated heterocycles. The molecule has 3 N–H and O–H groups in total. The van der Waals surface area contributed by atoms with Crippen molar-refractivity contribution in [3.8, 4) is 5.75 Å². The predicted molar refractivity (Wildman–Crippen MR) is 127 cm³/mol. The third kappa shape index (κ3) is 5.71. The third-order valence-electron chi connectivity index (χ3n) is 5.84. The number of phenolic OH excluding ortho intramolecular Hbond substituents is 1. The van der Waals surface area contributed by atoms with Crippen LogP contribution in [0.4, 0.5) is 4.39 Å². The Labute approximate surface area is 200 Å². The summed E-state index contributed by atoms with van der Waals surface area (Å²) in [7, 11) is 0. The van der Waals surface area contributed by atoms with Crippen molar-refractivity contribution < 1.29 is 18.8 Å². The Bertz CT molecular complexity index is 1060. The van der Waals surface area contributed by atoms with Gasteiger partial charge in [-0.1, -0.05) is 11.6 Å². The van der Waals surface area contributed by atoms with E-state index in [0.717, 1.165) is 0 Å². The average Bonchev–Trinajstić information content (AvgIpc) is 2.76. The summed E-state index contributed by atoms with van der Waals surface area (Å²) in [5, 5.41) is 10.5. The molecular weight excluding hydrogens is 469 g/mol. The second kappa shape index (κ2) is 10.0. The van der Waals surface area contributed by atoms with Gasteiger partial charge < -0.3 is 19.5 Å². The first-order valence-electron chi connectivity index (χ1n) is 10.7. The normalized spacial score (nSPS) is 17.1. The average molecular weight is 498 g/mol. The van der Waals surface area contributed by atoms with Crippen molar-refractivity contribution in [2.75, 3.05) is 13.1 Å². The fourth-order valence-corrected chi connectivity index (χ4v) is 4.94. The van der Waals surface area contributed by atoms with Crippen LogP contribution in [0.3, 0.4) is 0 Å². The molecule has 1 aliphatic rings. The number of nitrogens with zero attached hydrogens (tertiary/aromatic N) is 1. The minimum absolute atomic E-state index is 0.00592. The van der Waals surface area contributed by atoms with Crippen molar-refractivity contribution in [1.82, 2.24) is 14.6 Å². The molecule has 1 amide bonds. The van der Waals surface area contributed by atoms with Gasteiger partial charge >= 0.3 is 0 Å². The Kier molecular flexibility index (Phi) is 7.78. The lowest BCUT2D eigenvalue weighted by Gasteiger charge is -2.38. The Morgan fingerprint density at radius 1 is 1.36 bits per heavy atom. The van der Waals surface area contributed by atoms with Crippen molar-refractivity contribution in [1.29, 1.82) is 0 Å². The number of aromatic amines is 1. The second-order valence-corrected chi connectivity index (χ2v) is 11.7. The highest BCUT2D eigenvalue weighted by Crippen LogP contribution is 2.41. The number of carbonyl (C=O) groups is 1. The van der Waals surface area contributed by atoms with Crippen LogP contribution in [0, 0.1) is 18.7 Å². The number of aryl methyl sites for hydroxylation is 1. The number of piperidine rings is 1. The lowest BCUT2D eigenvalue weighted by molar-refractivity contribution is 0.0672. The Hall–Kier alpha value is -2.07. The van der Waals surface area contributed by atoms with Crippen LogP contribution in [-0.4, -0.2) is 43.3 Å². The maximum atomic E-state index is 15.2. The number of benzene rings is 1. The zero-order chi connectivity index (χ0) is 24.5. The lowest BCUT2D eigenvalue weighted by atomic mass is 9.85. The second-order valence-electron chi connectivity index (χ2n) is 9.30. The number of halogens is 2. The van der Waals surface area contributed by atoms with E-state index in [0.29, 0.717) is 37.1 Å². The fourth-order valence-electron chi connectivity index (χ4n) is 3.89. The number of hydrogen-bond acceptors (Lipinski definition) is 5. The zero-order valence-corrected chi connectivity index (χ0v) is 20.6. The summed E-state index contributed by atoms with van der Waals surface area (Å²) in [4.78, 5) is 28.2. The summed E-state index contributed by atoms with van der Waals surface area (Å²) in [5.41, 5.74) is 0.497. The van der Waals surface area contributed by atoms with Gasteiger partial charge in [-0.3, -0.25) is 9.59 Å². The molecule has 0 unspecified atom stereocenters. The van der Waals surface area contributed by atoms with Crippen molar-refractivity contribution >= 4 is 28.9 Å². The molecule has 1 aliphatic heterocycles. The lowest BCUT2D eigenvalue weighted by Crippen LogP contribution is -2.46. The molecule has 0 spiro atoms. The van der Waals surface area contributed by atoms with E-state index in [1.807, 2.05) is 0 Å². The first-order valence-corrected chi connectivity index (χ1v) is 12.3. The van der Waals surface area contributed by atoms with E-state index >= 15 is 4.39 Å². The van der Waals surface area contributed by atoms with Gasteiger partial charge in [-0.25, -0.2) is 4.39 Å². The number of H-pyrrole nitrogens is 1. The van der Waals surface area contributed by atoms with Gasteiger partial charge in [0.2, 0.25) is 5.56 Å². The molecule has 1 fully saturated rings. The Balaban J connectivity index is 1.85. The quantitative estimate of drug-likeness (QED) is 0.544. The summed E-state index contributed by atoms with van der Waals surface area (Å²) < 4.78 is 30.5. The van der Waals surface area contributed by atoms with Crippen LogP contribution >= 0.6 is 11.6 Å². The minimum atomic E-state index is -1.53. The van der Waals surface area contributed by atoms with E-state index in [1.165, 1.54) is 24.4 Å². The van der Waals surface area contributed by atoms with Crippen LogP contribution in [-0.2, 0) is 11.4 Å². The van der Waals surface area contributed by atoms with E-state index in [-0.39, 0.29) is 33.7 Å². The van der Waals surface area contributed by atoms with Crippen LogP contribution in [0.2, 0.25) is 5.02 Å². The first-order chi connectivity index (χ1) is 15.4. The topological polar surface area (TPSA) is 108 Å². The van der Waals surface area contributed by atoms with E-state index in [2.05, 4.69) is 9.71 Å². The number of hydrogen-bond donors (Lipinski definition) is 3. The standard InChI is InChI=1S/C23H29ClFN3O4S/c1-13-11-16(29)18(20(25)19(13)24)21(27-33(32)23(2,3)4)14-7-9-28(10-8-14)22(31)15-5-6-17(30)26-12-15/h5-6,11-12,14,21,27,29H,7-10H2,1-4H3,(H,26,30)/t21-,33+/m1/s1. The van der Waals surface area contributed by atoms with E-state index in [4.69, 9.17) is 11.6 Å². The molecule has 2 aromatic rings. The molecule has 2 heterocycles. The van der Waals surface area contributed by atoms with Crippen LogP contribution in [0.5, 0.6) is 5.75 Å². The molecule has 180 valence electrons. The van der Waals surface area contributed by atoms with Gasteiger partial charge in [-0.2, -0.15) is 0 Å². The smallest absolute Gasteiger partial charge is 0.255 e. The Morgan fingerprint density at radius 2 is 2.00 bits per heavy atom. The molecule has 33 heavy (non-hydrogen) atoms. The monoisotopic (exact) mass is 497 g/mol. The molecule has 0 aliphatic carbocycles. The molecule has 1 aromatic heterocycles. The predicted octanol–water partition coefficient (Wildman–Crippen LogP) is 3.83. The first kappa shape index (κ1) is 25.6. The molecule has 7 nitrogen and oxygen atoms in total. The molecule has 10 heteroatoms. The highest BCUT2D eigenvalue weighted by molar-refractivity contribution is 7.90. The van der Waals surface area contributed by atoms with Crippen molar-refractivity contribution in [3.05, 3.63) is 62.3 Å². The van der Waals surface area contributed by atoms with Crippen molar-refractivity contribution in [2.45, 2.75) is 51.3 Å². The third-order valence-corrected chi connectivity index (χ3v) is 7.88. The molecule has 2 atom stereocenters. The maximum Gasteiger partial charge on any atom is 0.255 e. The van der Waals surface area contributed by atoms with Crippen LogP contribution in [0.15, 0.2) is 29.2 Å². The minimum Gasteiger partial charge on any atom is -0.598 e. The van der Waals surface area contributed by atoms with E-state index in [1.54, 1.807) is 32.6 Å². The molecule has 3 rings (SSSR count). The SMILES string of the molecule is Cc1cc(O)c([C@H](N[S@@+]([O-])C(C)(C)C)C2CCN(C(=O)c3ccc(=O)[nH]c3)CC2)c(F)c1Cl. The summed E-state index contributed by atoms with van der Waals surface area (Å²) in [6.45, 7) is 7.80. The van der Waals surface area contributed by atoms with Gasteiger partial charge in [0, 0.05) is 36.7 Å². The van der Waals surface area contributed by atoms with Gasteiger partial charge in [0.15, 0.2) is 5.82 Å². The number of carbonyl (C=O) groups excluding carboxylic acids is 1. The van der Waals surface area contributed by atoms with Crippen LogP contribution in [0.25, 0.3) is 0 Å². The number of nitrogens with one attached hydrogen (secondary N) is 2. The summed E-state index contributed by atoms with van der Waals surface area (Å²) in [6, 6.07) is 3.43. The van der Waals surface area contributed by atoms with Crippen LogP contribution in [0.1, 0.15) is 61.1 Å². The highest BCUT2D eigenvalue weighted by Gasteiger charge is 2.39. The number of phenols is 1. The number of pyridine rings is 1. The molecular formula is C23H29ClFN3O4S. The molecule has 1 aromatic carbocycles. The Morgan fingerprint density at radius 3 is 2.55 bits per heavy atom. The van der Waals surface area contributed by atoms with Gasteiger partial charge in [0.1, 0.15) is 10.5 Å². The summed E-state index contributed by atoms with van der Waals surface area (Å²) >= 11 is 4.61. The largest absolute Gasteiger partial charge is 0.598 e. The summed E-state index contributed by atoms with van der Waals surface area (Å²) in [5.74, 6) is -1.39. The van der Waals surface area contributed by atoms with E-state index in [9.17, 15) is 19.2 Å². The number of aromatic hydroxyl groups is 1. The van der Waals surface area contributed by atoms with Gasteiger partial charge in [0.25, 0.3) is 5.91 Å². The maximum absolute atomic E-state index is 15.2. The number of aromatic nitrogens is 1. The van der Waals surface area contributed by atoms with Gasteiger partial charge in [-0.05, 0) is 64.2 Å². The number of likely N-dealkylation sites (tertiary alicyclic amines) is 1. The highest BCUT2D eigenvalue weighted by atomic mass is 35.5. The molecule has 0 bridgehead atoms. The fraction of sp³-hybridized carbons (Fsp3) is 0.478. The molecule has 0 radical (unpaired) electrons. The number of amides is 1. The van der Waals surface area contributed by atoms with Crippen molar-refractivity contribution in [3.63, 3.8) is 0 Å². The van der Waals surface area contributed by atoms with Crippen LogP contribution < -0.4 is 10.3 Å². The number of rotatable bonds is 5. The van der Waals surface area contributed by atoms with Gasteiger partial charge in [0.05, 0.1) is 22.2 Å². The zero-order valence-electron chi connectivity index (χ0n) is 19.1.